The van der Waals surface area contributed by atoms with Crippen LogP contribution in [0, 0.1) is 12.8 Å². The Morgan fingerprint density at radius 3 is 2.45 bits per heavy atom. The molecule has 29 heavy (non-hydrogen) atoms. The first-order valence-corrected chi connectivity index (χ1v) is 9.35. The number of aryl methyl sites for hydroxylation is 1. The van der Waals surface area contributed by atoms with Crippen molar-refractivity contribution >= 4 is 17.8 Å². The van der Waals surface area contributed by atoms with E-state index in [1.807, 2.05) is 26.8 Å². The fourth-order valence-electron chi connectivity index (χ4n) is 2.74. The number of aliphatic carboxylic acids is 1. The van der Waals surface area contributed by atoms with E-state index in [1.54, 1.807) is 42.5 Å². The molecule has 0 saturated heterocycles. The summed E-state index contributed by atoms with van der Waals surface area (Å²) in [6, 6.07) is 13.3. The van der Waals surface area contributed by atoms with Crippen LogP contribution in [0.4, 0.5) is 0 Å². The van der Waals surface area contributed by atoms with Gasteiger partial charge in [-0.2, -0.15) is 0 Å². The minimum absolute atomic E-state index is 0.103. The van der Waals surface area contributed by atoms with E-state index in [0.717, 1.165) is 11.1 Å². The highest BCUT2D eigenvalue weighted by Gasteiger charge is 2.24. The van der Waals surface area contributed by atoms with Crippen LogP contribution < -0.4 is 15.4 Å². The van der Waals surface area contributed by atoms with Crippen molar-refractivity contribution in [1.29, 1.82) is 0 Å². The van der Waals surface area contributed by atoms with Crippen molar-refractivity contribution in [3.63, 3.8) is 0 Å². The predicted molar refractivity (Wildman–Crippen MR) is 109 cm³/mol. The molecule has 154 valence electrons. The van der Waals surface area contributed by atoms with Crippen LogP contribution in [-0.2, 0) is 16.1 Å². The van der Waals surface area contributed by atoms with E-state index in [2.05, 4.69) is 10.6 Å². The molecule has 0 aliphatic heterocycles. The Kier molecular flexibility index (Phi) is 7.77. The number of benzene rings is 2. The molecule has 1 unspecified atom stereocenters. The Balaban J connectivity index is 1.98. The average Bonchev–Trinajstić information content (AvgIpc) is 2.68. The van der Waals surface area contributed by atoms with Crippen molar-refractivity contribution in [2.75, 3.05) is 6.61 Å². The number of amides is 2. The molecule has 0 radical (unpaired) electrons. The molecule has 1 atom stereocenters. The first-order chi connectivity index (χ1) is 13.8. The summed E-state index contributed by atoms with van der Waals surface area (Å²) in [5, 5.41) is 14.3. The zero-order valence-electron chi connectivity index (χ0n) is 16.8. The smallest absolute Gasteiger partial charge is 0.341 e. The van der Waals surface area contributed by atoms with Crippen LogP contribution in [0.1, 0.15) is 35.3 Å². The van der Waals surface area contributed by atoms with E-state index < -0.39 is 18.6 Å². The van der Waals surface area contributed by atoms with Gasteiger partial charge < -0.3 is 20.5 Å². The maximum atomic E-state index is 12.7. The highest BCUT2D eigenvalue weighted by atomic mass is 16.5. The lowest BCUT2D eigenvalue weighted by molar-refractivity contribution is -0.139. The molecular formula is C22H26N2O5. The summed E-state index contributed by atoms with van der Waals surface area (Å²) < 4.78 is 5.14. The second-order valence-electron chi connectivity index (χ2n) is 7.11. The second kappa shape index (κ2) is 10.3. The van der Waals surface area contributed by atoms with Crippen LogP contribution in [0.3, 0.4) is 0 Å². The molecular weight excluding hydrogens is 372 g/mol. The van der Waals surface area contributed by atoms with Crippen molar-refractivity contribution in [2.45, 2.75) is 33.4 Å². The van der Waals surface area contributed by atoms with Crippen LogP contribution in [0.5, 0.6) is 5.75 Å². The lowest BCUT2D eigenvalue weighted by atomic mass is 10.0. The standard InChI is InChI=1S/C22H26N2O5/c1-14(2)20(24-21(27)17-8-4-6-15(3)10-17)22(28)23-12-16-7-5-9-18(11-16)29-13-19(25)26/h4-11,14,20H,12-13H2,1-3H3,(H,23,28)(H,24,27)(H,25,26). The Labute approximate surface area is 170 Å². The zero-order valence-corrected chi connectivity index (χ0v) is 16.8. The van der Waals surface area contributed by atoms with Gasteiger partial charge in [0.15, 0.2) is 6.61 Å². The van der Waals surface area contributed by atoms with Crippen molar-refractivity contribution < 1.29 is 24.2 Å². The van der Waals surface area contributed by atoms with E-state index in [-0.39, 0.29) is 24.3 Å². The third kappa shape index (κ3) is 6.95. The summed E-state index contributed by atoms with van der Waals surface area (Å²) in [6.07, 6.45) is 0. The van der Waals surface area contributed by atoms with Crippen LogP contribution >= 0.6 is 0 Å². The van der Waals surface area contributed by atoms with Crippen molar-refractivity contribution in [2.24, 2.45) is 5.92 Å². The third-order valence-corrected chi connectivity index (χ3v) is 4.24. The minimum Gasteiger partial charge on any atom is -0.482 e. The van der Waals surface area contributed by atoms with E-state index in [4.69, 9.17) is 9.84 Å². The molecule has 0 aliphatic carbocycles. The maximum absolute atomic E-state index is 12.7. The third-order valence-electron chi connectivity index (χ3n) is 4.24. The minimum atomic E-state index is -1.06. The maximum Gasteiger partial charge on any atom is 0.341 e. The van der Waals surface area contributed by atoms with Gasteiger partial charge in [-0.25, -0.2) is 4.79 Å². The van der Waals surface area contributed by atoms with Crippen LogP contribution in [0.2, 0.25) is 0 Å². The largest absolute Gasteiger partial charge is 0.482 e. The molecule has 7 heteroatoms. The molecule has 2 aromatic carbocycles. The van der Waals surface area contributed by atoms with Gasteiger partial charge in [-0.05, 0) is 42.7 Å². The van der Waals surface area contributed by atoms with E-state index in [9.17, 15) is 14.4 Å². The van der Waals surface area contributed by atoms with Gasteiger partial charge in [0, 0.05) is 12.1 Å². The average molecular weight is 398 g/mol. The van der Waals surface area contributed by atoms with Crippen molar-refractivity contribution in [1.82, 2.24) is 10.6 Å². The number of nitrogens with one attached hydrogen (secondary N) is 2. The monoisotopic (exact) mass is 398 g/mol. The summed E-state index contributed by atoms with van der Waals surface area (Å²) in [4.78, 5) is 35.8. The predicted octanol–water partition coefficient (Wildman–Crippen LogP) is 2.53. The van der Waals surface area contributed by atoms with E-state index in [1.165, 1.54) is 0 Å². The summed E-state index contributed by atoms with van der Waals surface area (Å²) >= 11 is 0. The van der Waals surface area contributed by atoms with Gasteiger partial charge in [0.2, 0.25) is 5.91 Å². The molecule has 7 nitrogen and oxygen atoms in total. The Bertz CT molecular complexity index is 879. The Morgan fingerprint density at radius 1 is 1.07 bits per heavy atom. The first kappa shape index (κ1) is 21.9. The van der Waals surface area contributed by atoms with Gasteiger partial charge in [-0.15, -0.1) is 0 Å². The lowest BCUT2D eigenvalue weighted by Crippen LogP contribution is -2.49. The molecule has 2 rings (SSSR count). The molecule has 0 saturated carbocycles. The van der Waals surface area contributed by atoms with Crippen LogP contribution in [0.25, 0.3) is 0 Å². The fraction of sp³-hybridized carbons (Fsp3) is 0.318. The van der Waals surface area contributed by atoms with Gasteiger partial charge in [-0.1, -0.05) is 43.7 Å². The van der Waals surface area contributed by atoms with Gasteiger partial charge in [0.05, 0.1) is 0 Å². The molecule has 0 bridgehead atoms. The van der Waals surface area contributed by atoms with Gasteiger partial charge in [0.1, 0.15) is 11.8 Å². The highest BCUT2D eigenvalue weighted by Crippen LogP contribution is 2.13. The molecule has 3 N–H and O–H groups in total. The van der Waals surface area contributed by atoms with Crippen molar-refractivity contribution in [3.05, 3.63) is 65.2 Å². The molecule has 0 spiro atoms. The molecule has 0 heterocycles. The van der Waals surface area contributed by atoms with Crippen LogP contribution in [-0.4, -0.2) is 35.5 Å². The second-order valence-corrected chi connectivity index (χ2v) is 7.11. The summed E-state index contributed by atoms with van der Waals surface area (Å²) in [5.41, 5.74) is 2.23. The molecule has 0 aromatic heterocycles. The number of carbonyl (C=O) groups is 3. The molecule has 0 fully saturated rings. The number of ether oxygens (including phenoxy) is 1. The zero-order chi connectivity index (χ0) is 21.4. The number of rotatable bonds is 9. The fourth-order valence-corrected chi connectivity index (χ4v) is 2.74. The van der Waals surface area contributed by atoms with Gasteiger partial charge in [-0.3, -0.25) is 9.59 Å². The summed E-state index contributed by atoms with van der Waals surface area (Å²) in [6.45, 7) is 5.42. The SMILES string of the molecule is Cc1cccc(C(=O)NC(C(=O)NCc2cccc(OCC(=O)O)c2)C(C)C)c1. The molecule has 0 aliphatic rings. The lowest BCUT2D eigenvalue weighted by Gasteiger charge is -2.22. The number of hydrogen-bond acceptors (Lipinski definition) is 4. The topological polar surface area (TPSA) is 105 Å². The van der Waals surface area contributed by atoms with Crippen molar-refractivity contribution in [3.8, 4) is 5.75 Å². The summed E-state index contributed by atoms with van der Waals surface area (Å²) in [5.74, 6) is -1.35. The highest BCUT2D eigenvalue weighted by molar-refractivity contribution is 5.97. The normalized spacial score (nSPS) is 11.6. The van der Waals surface area contributed by atoms with E-state index >= 15 is 0 Å². The number of carboxylic acid groups (broad SMARTS) is 1. The first-order valence-electron chi connectivity index (χ1n) is 9.35. The van der Waals surface area contributed by atoms with E-state index in [0.29, 0.717) is 11.3 Å². The van der Waals surface area contributed by atoms with Gasteiger partial charge in [0.25, 0.3) is 5.91 Å². The number of hydrogen-bond donors (Lipinski definition) is 3. The molecule has 2 amide bonds. The Hall–Kier alpha value is -3.35. The quantitative estimate of drug-likeness (QED) is 0.602. The number of carboxylic acids is 1. The number of carbonyl (C=O) groups excluding carboxylic acids is 2. The molecule has 2 aromatic rings. The Morgan fingerprint density at radius 2 is 1.79 bits per heavy atom. The summed E-state index contributed by atoms with van der Waals surface area (Å²) in [7, 11) is 0. The van der Waals surface area contributed by atoms with Gasteiger partial charge >= 0.3 is 5.97 Å². The van der Waals surface area contributed by atoms with Crippen LogP contribution in [0.15, 0.2) is 48.5 Å².